The topological polar surface area (TPSA) is 72.0 Å². The van der Waals surface area contributed by atoms with Gasteiger partial charge in [-0.25, -0.2) is 14.6 Å². The molecule has 28 heavy (non-hydrogen) atoms. The van der Waals surface area contributed by atoms with Crippen LogP contribution < -0.4 is 4.90 Å². The average Bonchev–Trinajstić information content (AvgIpc) is 2.58. The van der Waals surface area contributed by atoms with E-state index in [1.807, 2.05) is 53.7 Å². The maximum atomic E-state index is 12.8. The molecule has 0 aliphatic carbocycles. The Hall–Kier alpha value is -2.31. The minimum absolute atomic E-state index is 0.197. The lowest BCUT2D eigenvalue weighted by Crippen LogP contribution is -2.42. The fourth-order valence-electron chi connectivity index (χ4n) is 3.16. The van der Waals surface area contributed by atoms with E-state index < -0.39 is 17.3 Å². The molecule has 0 aromatic carbocycles. The number of pyridine rings is 1. The third-order valence-electron chi connectivity index (χ3n) is 4.29. The lowest BCUT2D eigenvalue weighted by Gasteiger charge is -2.38. The molecule has 2 heterocycles. The second-order valence-corrected chi connectivity index (χ2v) is 9.14. The first-order valence-electron chi connectivity index (χ1n) is 9.80. The molecule has 1 aliphatic heterocycles. The molecule has 2 amide bonds. The van der Waals surface area contributed by atoms with Crippen molar-refractivity contribution in [2.24, 2.45) is 0 Å². The lowest BCUT2D eigenvalue weighted by atomic mass is 9.95. The summed E-state index contributed by atoms with van der Waals surface area (Å²) >= 11 is 0. The average molecular weight is 392 g/mol. The molecule has 7 nitrogen and oxygen atoms in total. The number of nitrogens with zero attached hydrogens (tertiary/aromatic N) is 3. The van der Waals surface area contributed by atoms with Gasteiger partial charge < -0.3 is 14.4 Å². The van der Waals surface area contributed by atoms with Crippen LogP contribution in [0.4, 0.5) is 15.4 Å². The maximum absolute atomic E-state index is 12.8. The molecule has 1 aliphatic rings. The van der Waals surface area contributed by atoms with Crippen molar-refractivity contribution < 1.29 is 19.1 Å². The number of carbonyl (C=O) groups is 2. The summed E-state index contributed by atoms with van der Waals surface area (Å²) in [6.07, 6.45) is 3.53. The summed E-state index contributed by atoms with van der Waals surface area (Å²) < 4.78 is 11.1. The third-order valence-corrected chi connectivity index (χ3v) is 4.29. The number of likely N-dealkylation sites (tertiary alicyclic amines) is 1. The van der Waals surface area contributed by atoms with Gasteiger partial charge in [0.2, 0.25) is 0 Å². The molecule has 0 saturated carbocycles. The Morgan fingerprint density at radius 1 is 1.11 bits per heavy atom. The van der Waals surface area contributed by atoms with E-state index >= 15 is 0 Å². The molecule has 0 radical (unpaired) electrons. The molecular weight excluding hydrogens is 358 g/mol. The van der Waals surface area contributed by atoms with Gasteiger partial charge in [0.25, 0.3) is 0 Å². The Labute approximate surface area is 168 Å². The Morgan fingerprint density at radius 2 is 1.75 bits per heavy atom. The number of rotatable bonds is 2. The largest absolute Gasteiger partial charge is 0.444 e. The Bertz CT molecular complexity index is 706. The smallest absolute Gasteiger partial charge is 0.415 e. The molecule has 2 rings (SSSR count). The van der Waals surface area contributed by atoms with Gasteiger partial charge in [-0.3, -0.25) is 4.90 Å². The second-order valence-electron chi connectivity index (χ2n) is 9.14. The highest BCUT2D eigenvalue weighted by atomic mass is 16.6. The normalized spacial score (nSPS) is 17.8. The van der Waals surface area contributed by atoms with E-state index in [1.165, 1.54) is 4.90 Å². The lowest BCUT2D eigenvalue weighted by molar-refractivity contribution is 0.00955. The van der Waals surface area contributed by atoms with Crippen LogP contribution in [0.2, 0.25) is 0 Å². The number of hydrogen-bond acceptors (Lipinski definition) is 5. The number of hydrogen-bond donors (Lipinski definition) is 0. The summed E-state index contributed by atoms with van der Waals surface area (Å²) in [5.74, 6) is 0.497. The van der Waals surface area contributed by atoms with Crippen molar-refractivity contribution in [2.75, 3.05) is 18.5 Å². The van der Waals surface area contributed by atoms with Gasteiger partial charge in [0.15, 0.2) is 0 Å². The highest BCUT2D eigenvalue weighted by Crippen LogP contribution is 2.36. The number of carbonyl (C=O) groups excluding carboxylic acids is 2. The number of aromatic nitrogens is 1. The zero-order chi connectivity index (χ0) is 21.1. The number of piperidine rings is 1. The predicted octanol–water partition coefficient (Wildman–Crippen LogP) is 4.92. The van der Waals surface area contributed by atoms with E-state index in [9.17, 15) is 9.59 Å². The van der Waals surface area contributed by atoms with Crippen LogP contribution in [0.3, 0.4) is 0 Å². The van der Waals surface area contributed by atoms with Gasteiger partial charge in [0.1, 0.15) is 17.0 Å². The molecule has 1 fully saturated rings. The first-order chi connectivity index (χ1) is 12.9. The number of ether oxygens (including phenoxy) is 2. The number of anilines is 1. The van der Waals surface area contributed by atoms with Gasteiger partial charge in [0.05, 0.1) is 6.04 Å². The zero-order valence-electron chi connectivity index (χ0n) is 18.1. The summed E-state index contributed by atoms with van der Waals surface area (Å²) in [6.45, 7) is 11.7. The molecule has 156 valence electrons. The van der Waals surface area contributed by atoms with Crippen LogP contribution in [0.25, 0.3) is 0 Å². The summed E-state index contributed by atoms with van der Waals surface area (Å²) in [5.41, 5.74) is -0.348. The van der Waals surface area contributed by atoms with Gasteiger partial charge in [-0.1, -0.05) is 6.07 Å². The van der Waals surface area contributed by atoms with Crippen molar-refractivity contribution in [1.82, 2.24) is 9.88 Å². The van der Waals surface area contributed by atoms with Crippen LogP contribution in [-0.4, -0.2) is 46.9 Å². The summed E-state index contributed by atoms with van der Waals surface area (Å²) in [6, 6.07) is 3.54. The van der Waals surface area contributed by atoms with Gasteiger partial charge in [-0.15, -0.1) is 0 Å². The molecule has 7 heteroatoms. The molecule has 0 N–H and O–H groups in total. The van der Waals surface area contributed by atoms with Crippen LogP contribution >= 0.6 is 0 Å². The van der Waals surface area contributed by atoms with Gasteiger partial charge >= 0.3 is 12.2 Å². The van der Waals surface area contributed by atoms with Gasteiger partial charge in [-0.2, -0.15) is 0 Å². The van der Waals surface area contributed by atoms with Crippen LogP contribution in [0.15, 0.2) is 18.3 Å². The van der Waals surface area contributed by atoms with Crippen molar-refractivity contribution in [2.45, 2.75) is 78.0 Å². The first kappa shape index (κ1) is 22.0. The minimum Gasteiger partial charge on any atom is -0.444 e. The summed E-state index contributed by atoms with van der Waals surface area (Å²) in [7, 11) is 1.64. The monoisotopic (exact) mass is 391 g/mol. The summed E-state index contributed by atoms with van der Waals surface area (Å²) in [5, 5.41) is 0. The molecule has 0 spiro atoms. The Morgan fingerprint density at radius 3 is 2.36 bits per heavy atom. The SMILES string of the molecule is CN(C(=O)OC(C)(C)C)c1ncccc1[C@H]1CCCCN1C(=O)OC(C)(C)C. The molecule has 1 aromatic heterocycles. The standard InChI is InChI=1S/C21H33N3O4/c1-20(2,3)27-18(25)23(7)17-15(11-10-13-22-17)16-12-8-9-14-24(16)19(26)28-21(4,5)6/h10-11,13,16H,8-9,12,14H2,1-7H3/t16-/m1/s1. The van der Waals surface area contributed by atoms with E-state index in [0.29, 0.717) is 12.4 Å². The van der Waals surface area contributed by atoms with Crippen LogP contribution in [-0.2, 0) is 9.47 Å². The van der Waals surface area contributed by atoms with E-state index in [4.69, 9.17) is 9.47 Å². The Kier molecular flexibility index (Phi) is 6.57. The van der Waals surface area contributed by atoms with E-state index in [-0.39, 0.29) is 12.1 Å². The minimum atomic E-state index is -0.603. The molecule has 1 aromatic rings. The molecule has 0 bridgehead atoms. The van der Waals surface area contributed by atoms with Crippen molar-refractivity contribution >= 4 is 18.0 Å². The van der Waals surface area contributed by atoms with E-state index in [2.05, 4.69) is 4.98 Å². The van der Waals surface area contributed by atoms with Crippen molar-refractivity contribution in [3.8, 4) is 0 Å². The molecule has 1 saturated heterocycles. The van der Waals surface area contributed by atoms with E-state index in [1.54, 1.807) is 18.1 Å². The van der Waals surface area contributed by atoms with Crippen LogP contribution in [0, 0.1) is 0 Å². The maximum Gasteiger partial charge on any atom is 0.415 e. The third kappa shape index (κ3) is 5.84. The highest BCUT2D eigenvalue weighted by molar-refractivity contribution is 5.87. The van der Waals surface area contributed by atoms with Crippen LogP contribution in [0.5, 0.6) is 0 Å². The fraction of sp³-hybridized carbons (Fsp3) is 0.667. The zero-order valence-corrected chi connectivity index (χ0v) is 18.1. The first-order valence-corrected chi connectivity index (χ1v) is 9.80. The Balaban J connectivity index is 2.32. The van der Waals surface area contributed by atoms with Gasteiger partial charge in [0, 0.05) is 25.4 Å². The van der Waals surface area contributed by atoms with Crippen LogP contribution in [0.1, 0.15) is 72.4 Å². The second kappa shape index (κ2) is 8.37. The highest BCUT2D eigenvalue weighted by Gasteiger charge is 2.34. The van der Waals surface area contributed by atoms with Crippen molar-refractivity contribution in [3.63, 3.8) is 0 Å². The predicted molar refractivity (Wildman–Crippen MR) is 108 cm³/mol. The fourth-order valence-corrected chi connectivity index (χ4v) is 3.16. The molecular formula is C21H33N3O4. The molecule has 1 atom stereocenters. The summed E-state index contributed by atoms with van der Waals surface area (Å²) in [4.78, 5) is 32.9. The quantitative estimate of drug-likeness (QED) is 0.716. The van der Waals surface area contributed by atoms with Crippen molar-refractivity contribution in [1.29, 1.82) is 0 Å². The van der Waals surface area contributed by atoms with Crippen molar-refractivity contribution in [3.05, 3.63) is 23.9 Å². The number of amides is 2. The van der Waals surface area contributed by atoms with E-state index in [0.717, 1.165) is 24.8 Å². The van der Waals surface area contributed by atoms with Gasteiger partial charge in [-0.05, 0) is 66.9 Å². The molecule has 0 unspecified atom stereocenters.